The molecule has 0 bridgehead atoms. The first-order valence-corrected chi connectivity index (χ1v) is 30.2. The first-order valence-electron chi connectivity index (χ1n) is 30.2. The van der Waals surface area contributed by atoms with Gasteiger partial charge in [0.1, 0.15) is 18.8 Å². The van der Waals surface area contributed by atoms with Gasteiger partial charge in [0, 0.05) is 19.3 Å². The van der Waals surface area contributed by atoms with Crippen LogP contribution in [0.1, 0.15) is 239 Å². The Kier molecular flexibility index (Phi) is 48.0. The van der Waals surface area contributed by atoms with Crippen LogP contribution in [0.3, 0.4) is 0 Å². The second kappa shape index (κ2) is 52.3. The van der Waals surface area contributed by atoms with Crippen LogP contribution in [0.15, 0.2) is 97.2 Å². The van der Waals surface area contributed by atoms with Crippen molar-refractivity contribution in [2.75, 3.05) is 13.2 Å². The van der Waals surface area contributed by atoms with Gasteiger partial charge >= 0.3 is 23.9 Å². The highest BCUT2D eigenvalue weighted by molar-refractivity contribution is 5.74. The monoisotopic (exact) mass is 1080 g/mol. The molecule has 77 heavy (non-hydrogen) atoms. The number of hydrogen-bond donors (Lipinski definition) is 3. The van der Waals surface area contributed by atoms with Crippen LogP contribution in [0.4, 0.5) is 0 Å². The molecule has 0 aliphatic carbocycles. The molecule has 6 atom stereocenters. The summed E-state index contributed by atoms with van der Waals surface area (Å²) in [5, 5.41) is 31.5. The van der Waals surface area contributed by atoms with Gasteiger partial charge < -0.3 is 39.0 Å². The van der Waals surface area contributed by atoms with Crippen molar-refractivity contribution in [3.8, 4) is 0 Å². The van der Waals surface area contributed by atoms with Crippen molar-refractivity contribution in [1.29, 1.82) is 0 Å². The van der Waals surface area contributed by atoms with Crippen molar-refractivity contribution >= 4 is 23.9 Å². The van der Waals surface area contributed by atoms with Crippen molar-refractivity contribution in [1.82, 2.24) is 0 Å². The van der Waals surface area contributed by atoms with E-state index in [2.05, 4.69) is 118 Å². The van der Waals surface area contributed by atoms with Gasteiger partial charge in [-0.25, -0.2) is 4.79 Å². The van der Waals surface area contributed by atoms with Crippen LogP contribution in [-0.2, 0) is 42.9 Å². The Balaban J connectivity index is 2.73. The molecule has 1 heterocycles. The molecule has 12 heteroatoms. The second-order valence-electron chi connectivity index (χ2n) is 20.2. The summed E-state index contributed by atoms with van der Waals surface area (Å²) in [5.74, 6) is -3.19. The van der Waals surface area contributed by atoms with Crippen LogP contribution in [-0.4, -0.2) is 89.2 Å². The molecule has 1 saturated heterocycles. The fraction of sp³-hybridized carbons (Fsp3) is 0.692. The first kappa shape index (κ1) is 70.7. The summed E-state index contributed by atoms with van der Waals surface area (Å²) in [7, 11) is 0. The van der Waals surface area contributed by atoms with Gasteiger partial charge in [-0.3, -0.25) is 14.4 Å². The van der Waals surface area contributed by atoms with E-state index in [4.69, 9.17) is 23.7 Å². The van der Waals surface area contributed by atoms with Crippen LogP contribution < -0.4 is 0 Å². The Morgan fingerprint density at radius 1 is 0.442 bits per heavy atom. The number of aliphatic hydroxyl groups excluding tert-OH is 2. The SMILES string of the molecule is CC/C=C\C/C=C\C/C=C\C/C=C\CCCCCCC(=O)OC1C(OCC(COC(=O)CCCCCCC/C=C\C/C=C\CCCCC)OC(=O)CCCCCCC/C=C\C/C=C\CCCCC)OC(C(=O)O)C(O)C1O. The Hall–Kier alpha value is -4.36. The molecule has 12 nitrogen and oxygen atoms in total. The van der Waals surface area contributed by atoms with Crippen LogP contribution in [0.5, 0.6) is 0 Å². The lowest BCUT2D eigenvalue weighted by Crippen LogP contribution is -2.61. The van der Waals surface area contributed by atoms with Gasteiger partial charge in [-0.15, -0.1) is 0 Å². The molecule has 0 radical (unpaired) electrons. The van der Waals surface area contributed by atoms with Crippen molar-refractivity contribution < 1.29 is 58.2 Å². The molecule has 0 spiro atoms. The Morgan fingerprint density at radius 3 is 1.25 bits per heavy atom. The molecule has 6 unspecified atom stereocenters. The zero-order valence-electron chi connectivity index (χ0n) is 48.2. The molecule has 0 aromatic heterocycles. The van der Waals surface area contributed by atoms with Gasteiger partial charge in [0.05, 0.1) is 6.61 Å². The lowest BCUT2D eigenvalue weighted by atomic mass is 9.98. The molecule has 3 N–H and O–H groups in total. The van der Waals surface area contributed by atoms with E-state index in [0.29, 0.717) is 19.3 Å². The van der Waals surface area contributed by atoms with E-state index in [9.17, 15) is 34.5 Å². The first-order chi connectivity index (χ1) is 37.6. The topological polar surface area (TPSA) is 175 Å². The molecule has 1 fully saturated rings. The number of carboxylic acids is 1. The maximum atomic E-state index is 13.2. The third kappa shape index (κ3) is 42.3. The quantitative estimate of drug-likeness (QED) is 0.0228. The number of carbonyl (C=O) groups excluding carboxylic acids is 3. The summed E-state index contributed by atoms with van der Waals surface area (Å²) < 4.78 is 28.4. The summed E-state index contributed by atoms with van der Waals surface area (Å²) in [4.78, 5) is 51.2. The Bertz CT molecular complexity index is 1710. The highest BCUT2D eigenvalue weighted by Gasteiger charge is 2.50. The van der Waals surface area contributed by atoms with Crippen molar-refractivity contribution in [3.05, 3.63) is 97.2 Å². The zero-order chi connectivity index (χ0) is 56.1. The van der Waals surface area contributed by atoms with Gasteiger partial charge in [-0.2, -0.15) is 0 Å². The highest BCUT2D eigenvalue weighted by Crippen LogP contribution is 2.26. The average Bonchev–Trinajstić information content (AvgIpc) is 3.43. The van der Waals surface area contributed by atoms with E-state index in [1.54, 1.807) is 0 Å². The number of carbonyl (C=O) groups is 4. The summed E-state index contributed by atoms with van der Waals surface area (Å²) in [5.41, 5.74) is 0. The van der Waals surface area contributed by atoms with E-state index in [-0.39, 0.29) is 25.9 Å². The second-order valence-corrected chi connectivity index (χ2v) is 20.2. The van der Waals surface area contributed by atoms with Gasteiger partial charge in [0.15, 0.2) is 24.6 Å². The van der Waals surface area contributed by atoms with Crippen molar-refractivity contribution in [2.45, 2.75) is 276 Å². The molecular weight excluding hydrogens is 973 g/mol. The number of aliphatic carboxylic acids is 1. The third-order valence-corrected chi connectivity index (χ3v) is 13.1. The number of hydrogen-bond acceptors (Lipinski definition) is 11. The van der Waals surface area contributed by atoms with Gasteiger partial charge in [0.2, 0.25) is 0 Å². The standard InChI is InChI=1S/C65H106O12/c1-4-7-10-13-16-19-22-25-28-29-32-35-38-41-44-47-50-53-59(68)76-63-61(70)60(69)62(64(71)72)77-65(63)74-55-56(75-58(67)52-49-46-43-40-37-34-31-27-24-21-18-15-12-9-6-3)54-73-57(66)51-48-45-42-39-36-33-30-26-23-20-17-14-11-8-5-2/h7,10,16-21,25-28,30-32,35,56,60-63,65,69-70H,4-6,8-9,11-15,22-24,29,33-34,36-55H2,1-3H3,(H,71,72)/b10-7-,19-16-,20-17-,21-18-,28-25-,30-26-,31-27-,35-32-. The highest BCUT2D eigenvalue weighted by atomic mass is 16.7. The maximum Gasteiger partial charge on any atom is 0.335 e. The van der Waals surface area contributed by atoms with E-state index in [0.717, 1.165) is 141 Å². The maximum absolute atomic E-state index is 13.2. The lowest BCUT2D eigenvalue weighted by Gasteiger charge is -2.40. The smallest absolute Gasteiger partial charge is 0.335 e. The van der Waals surface area contributed by atoms with Gasteiger partial charge in [-0.1, -0.05) is 195 Å². The largest absolute Gasteiger partial charge is 0.479 e. The molecule has 0 saturated carbocycles. The fourth-order valence-corrected chi connectivity index (χ4v) is 8.48. The number of aliphatic hydroxyl groups is 2. The fourth-order valence-electron chi connectivity index (χ4n) is 8.48. The van der Waals surface area contributed by atoms with Crippen LogP contribution in [0.25, 0.3) is 0 Å². The van der Waals surface area contributed by atoms with E-state index in [1.807, 2.05) is 0 Å². The molecule has 1 aliphatic rings. The van der Waals surface area contributed by atoms with E-state index >= 15 is 0 Å². The average molecular weight is 1080 g/mol. The molecule has 0 aromatic rings. The Labute approximate surface area is 466 Å². The third-order valence-electron chi connectivity index (χ3n) is 13.1. The predicted molar refractivity (Wildman–Crippen MR) is 312 cm³/mol. The summed E-state index contributed by atoms with van der Waals surface area (Å²) >= 11 is 0. The predicted octanol–water partition coefficient (Wildman–Crippen LogP) is 15.7. The minimum absolute atomic E-state index is 0.0252. The lowest BCUT2D eigenvalue weighted by molar-refractivity contribution is -0.301. The van der Waals surface area contributed by atoms with E-state index in [1.165, 1.54) is 38.5 Å². The van der Waals surface area contributed by atoms with Crippen molar-refractivity contribution in [3.63, 3.8) is 0 Å². The number of carboxylic acid groups (broad SMARTS) is 1. The minimum Gasteiger partial charge on any atom is -0.479 e. The normalized spacial score (nSPS) is 18.7. The molecular formula is C65H106O12. The molecule has 0 amide bonds. The van der Waals surface area contributed by atoms with Crippen LogP contribution in [0.2, 0.25) is 0 Å². The molecule has 0 aromatic carbocycles. The molecule has 1 aliphatic heterocycles. The van der Waals surface area contributed by atoms with E-state index < -0.39 is 67.3 Å². The zero-order valence-corrected chi connectivity index (χ0v) is 48.2. The number of ether oxygens (including phenoxy) is 5. The molecule has 438 valence electrons. The number of unbranched alkanes of at least 4 members (excludes halogenated alkanes) is 20. The number of allylic oxidation sites excluding steroid dienone is 16. The van der Waals surface area contributed by atoms with Crippen LogP contribution >= 0.6 is 0 Å². The van der Waals surface area contributed by atoms with Gasteiger partial charge in [0.25, 0.3) is 0 Å². The number of esters is 3. The van der Waals surface area contributed by atoms with Crippen molar-refractivity contribution in [2.24, 2.45) is 0 Å². The Morgan fingerprint density at radius 2 is 0.818 bits per heavy atom. The number of rotatable bonds is 50. The van der Waals surface area contributed by atoms with Crippen LogP contribution in [0, 0.1) is 0 Å². The summed E-state index contributed by atoms with van der Waals surface area (Å²) in [6.45, 7) is 5.79. The minimum atomic E-state index is -1.92. The molecule has 1 rings (SSSR count). The summed E-state index contributed by atoms with van der Waals surface area (Å²) in [6, 6.07) is 0. The summed E-state index contributed by atoms with van der Waals surface area (Å²) in [6.07, 6.45) is 56.5. The van der Waals surface area contributed by atoms with Gasteiger partial charge in [-0.05, 0) is 122 Å².